The number of nitrogens with one attached hydrogen (secondary N) is 2. The summed E-state index contributed by atoms with van der Waals surface area (Å²) < 4.78 is 6.56. The molecule has 2 heterocycles. The van der Waals surface area contributed by atoms with Crippen molar-refractivity contribution in [1.29, 1.82) is 0 Å². The van der Waals surface area contributed by atoms with Gasteiger partial charge in [0.05, 0.1) is 41.8 Å². The average Bonchev–Trinajstić information content (AvgIpc) is 3.46. The molecular weight excluding hydrogens is 478 g/mol. The third-order valence-electron chi connectivity index (χ3n) is 6.47. The molecule has 36 heavy (non-hydrogen) atoms. The van der Waals surface area contributed by atoms with Gasteiger partial charge in [-0.3, -0.25) is 9.59 Å². The van der Waals surface area contributed by atoms with E-state index in [0.717, 1.165) is 30.6 Å². The van der Waals surface area contributed by atoms with Gasteiger partial charge in [0.25, 0.3) is 5.91 Å². The second-order valence-corrected chi connectivity index (χ2v) is 9.62. The number of carbonyl (C=O) groups excluding carboxylic acids is 2. The van der Waals surface area contributed by atoms with Crippen molar-refractivity contribution in [3.63, 3.8) is 0 Å². The lowest BCUT2D eigenvalue weighted by molar-refractivity contribution is -0.142. The average molecular weight is 510 g/mol. The molecule has 0 spiro atoms. The van der Waals surface area contributed by atoms with Crippen LogP contribution in [0.2, 0.25) is 5.02 Å². The van der Waals surface area contributed by atoms with Gasteiger partial charge in [-0.2, -0.15) is 5.10 Å². The summed E-state index contributed by atoms with van der Waals surface area (Å²) >= 11 is 6.13. The van der Waals surface area contributed by atoms with Crippen LogP contribution in [0.4, 0.5) is 5.69 Å². The number of anilines is 1. The number of carbonyl (C=O) groups is 2. The summed E-state index contributed by atoms with van der Waals surface area (Å²) in [6.07, 6.45) is 9.09. The van der Waals surface area contributed by atoms with Crippen molar-refractivity contribution < 1.29 is 14.3 Å². The Morgan fingerprint density at radius 3 is 2.50 bits per heavy atom. The molecule has 0 atom stereocenters. The van der Waals surface area contributed by atoms with Crippen molar-refractivity contribution in [3.8, 4) is 5.82 Å². The van der Waals surface area contributed by atoms with Crippen LogP contribution in [0.3, 0.4) is 0 Å². The first-order chi connectivity index (χ1) is 17.4. The highest BCUT2D eigenvalue weighted by Crippen LogP contribution is 2.36. The predicted octanol–water partition coefficient (Wildman–Crippen LogP) is 4.88. The topological polar surface area (TPSA) is 98.1 Å². The zero-order valence-corrected chi connectivity index (χ0v) is 21.5. The van der Waals surface area contributed by atoms with E-state index in [1.54, 1.807) is 17.8 Å². The number of ether oxygens (including phenoxy) is 1. The number of hydrogen-bond donors (Lipinski definition) is 2. The molecule has 0 unspecified atom stereocenters. The highest BCUT2D eigenvalue weighted by Gasteiger charge is 2.34. The van der Waals surface area contributed by atoms with E-state index in [1.165, 1.54) is 18.4 Å². The summed E-state index contributed by atoms with van der Waals surface area (Å²) in [7, 11) is 0. The Labute approximate surface area is 216 Å². The van der Waals surface area contributed by atoms with Crippen molar-refractivity contribution >= 4 is 29.2 Å². The minimum Gasteiger partial charge on any atom is -0.466 e. The molecule has 1 aliphatic carbocycles. The summed E-state index contributed by atoms with van der Waals surface area (Å²) in [5.41, 5.74) is 3.42. The van der Waals surface area contributed by atoms with Crippen molar-refractivity contribution in [2.75, 3.05) is 18.5 Å². The summed E-state index contributed by atoms with van der Waals surface area (Å²) in [5.74, 6) is 0.208. The van der Waals surface area contributed by atoms with Crippen LogP contribution in [0, 0.1) is 6.92 Å². The van der Waals surface area contributed by atoms with Crippen LogP contribution in [-0.4, -0.2) is 45.3 Å². The molecule has 8 nitrogen and oxygen atoms in total. The molecule has 2 aromatic heterocycles. The molecule has 0 saturated heterocycles. The molecule has 0 aliphatic heterocycles. The quantitative estimate of drug-likeness (QED) is 0.378. The second kappa shape index (κ2) is 11.6. The number of amides is 1. The maximum atomic E-state index is 12.4. The van der Waals surface area contributed by atoms with E-state index in [1.807, 2.05) is 49.5 Å². The van der Waals surface area contributed by atoms with Gasteiger partial charge in [-0.1, -0.05) is 36.6 Å². The second-order valence-electron chi connectivity index (χ2n) is 9.21. The number of rotatable bonds is 10. The van der Waals surface area contributed by atoms with Crippen molar-refractivity contribution in [1.82, 2.24) is 20.1 Å². The van der Waals surface area contributed by atoms with Gasteiger partial charge >= 0.3 is 5.97 Å². The molecule has 1 aliphatic rings. The fourth-order valence-corrected chi connectivity index (χ4v) is 4.76. The first kappa shape index (κ1) is 25.7. The minimum absolute atomic E-state index is 0.0573. The molecule has 0 radical (unpaired) electrons. The molecule has 4 rings (SSSR count). The molecule has 1 aromatic carbocycles. The summed E-state index contributed by atoms with van der Waals surface area (Å²) in [5, 5.41) is 11.5. The van der Waals surface area contributed by atoms with E-state index < -0.39 is 0 Å². The van der Waals surface area contributed by atoms with Crippen molar-refractivity contribution in [3.05, 3.63) is 70.6 Å². The van der Waals surface area contributed by atoms with Gasteiger partial charge in [0, 0.05) is 17.6 Å². The van der Waals surface area contributed by atoms with Crippen LogP contribution in [0.25, 0.3) is 5.82 Å². The van der Waals surface area contributed by atoms with E-state index in [2.05, 4.69) is 20.7 Å². The standard InChI is InChI=1S/C27H32ClN5O3/c1-3-36-25(34)12-15-29-26(35)21-8-6-20(7-9-21)16-27(13-4-5-14-27)31-22-10-11-24(30-17-22)33-18-23(28)19(2)32-33/h6-11,17-18,31H,3-5,12-16H2,1-2H3,(H,29,35). The molecule has 2 N–H and O–H groups in total. The van der Waals surface area contributed by atoms with Gasteiger partial charge in [-0.05, 0) is 62.9 Å². The number of nitrogens with zero attached hydrogens (tertiary/aromatic N) is 3. The van der Waals surface area contributed by atoms with Crippen LogP contribution in [-0.2, 0) is 16.0 Å². The lowest BCUT2D eigenvalue weighted by atomic mass is 9.88. The fraction of sp³-hybridized carbons (Fsp3) is 0.407. The van der Waals surface area contributed by atoms with Crippen LogP contribution < -0.4 is 10.6 Å². The van der Waals surface area contributed by atoms with Crippen LogP contribution >= 0.6 is 11.6 Å². The Morgan fingerprint density at radius 2 is 1.89 bits per heavy atom. The van der Waals surface area contributed by atoms with Gasteiger partial charge in [-0.15, -0.1) is 0 Å². The first-order valence-corrected chi connectivity index (χ1v) is 12.7. The highest BCUT2D eigenvalue weighted by atomic mass is 35.5. The summed E-state index contributed by atoms with van der Waals surface area (Å²) in [6.45, 7) is 4.22. The van der Waals surface area contributed by atoms with Crippen molar-refractivity contribution in [2.45, 2.75) is 57.9 Å². The number of aryl methyl sites for hydroxylation is 1. The maximum Gasteiger partial charge on any atom is 0.307 e. The third kappa shape index (κ3) is 6.43. The van der Waals surface area contributed by atoms with E-state index in [-0.39, 0.29) is 30.4 Å². The Hall–Kier alpha value is -3.39. The Kier molecular flexibility index (Phi) is 8.25. The molecule has 190 valence electrons. The van der Waals surface area contributed by atoms with Crippen LogP contribution in [0.15, 0.2) is 48.8 Å². The number of benzene rings is 1. The predicted molar refractivity (Wildman–Crippen MR) is 140 cm³/mol. The number of esters is 1. The lowest BCUT2D eigenvalue weighted by Gasteiger charge is -2.32. The van der Waals surface area contributed by atoms with Gasteiger partial charge in [0.2, 0.25) is 0 Å². The summed E-state index contributed by atoms with van der Waals surface area (Å²) in [4.78, 5) is 28.4. The van der Waals surface area contributed by atoms with E-state index in [4.69, 9.17) is 16.3 Å². The lowest BCUT2D eigenvalue weighted by Crippen LogP contribution is -2.37. The van der Waals surface area contributed by atoms with Crippen LogP contribution in [0.5, 0.6) is 0 Å². The molecule has 0 bridgehead atoms. The van der Waals surface area contributed by atoms with Gasteiger partial charge < -0.3 is 15.4 Å². The van der Waals surface area contributed by atoms with E-state index in [9.17, 15) is 9.59 Å². The van der Waals surface area contributed by atoms with Gasteiger partial charge in [-0.25, -0.2) is 9.67 Å². The largest absolute Gasteiger partial charge is 0.466 e. The Bertz CT molecular complexity index is 1170. The molecule has 3 aromatic rings. The maximum absolute atomic E-state index is 12.4. The highest BCUT2D eigenvalue weighted by molar-refractivity contribution is 6.31. The molecule has 1 saturated carbocycles. The number of pyridine rings is 1. The Morgan fingerprint density at radius 1 is 1.14 bits per heavy atom. The van der Waals surface area contributed by atoms with Crippen LogP contribution in [0.1, 0.15) is 60.6 Å². The Balaban J connectivity index is 1.37. The first-order valence-electron chi connectivity index (χ1n) is 12.4. The monoisotopic (exact) mass is 509 g/mol. The number of aromatic nitrogens is 3. The van der Waals surface area contributed by atoms with Gasteiger partial charge in [0.15, 0.2) is 5.82 Å². The number of halogens is 1. The van der Waals surface area contributed by atoms with E-state index >= 15 is 0 Å². The number of hydrogen-bond acceptors (Lipinski definition) is 6. The van der Waals surface area contributed by atoms with Crippen molar-refractivity contribution in [2.24, 2.45) is 0 Å². The fourth-order valence-electron chi connectivity index (χ4n) is 4.63. The van der Waals surface area contributed by atoms with Gasteiger partial charge in [0.1, 0.15) is 0 Å². The molecule has 1 fully saturated rings. The SMILES string of the molecule is CCOC(=O)CCNC(=O)c1ccc(CC2(Nc3ccc(-n4cc(Cl)c(C)n4)nc3)CCCC2)cc1. The zero-order chi connectivity index (χ0) is 25.5. The zero-order valence-electron chi connectivity index (χ0n) is 20.7. The summed E-state index contributed by atoms with van der Waals surface area (Å²) in [6, 6.07) is 11.6. The molecule has 9 heteroatoms. The molecule has 1 amide bonds. The normalized spacial score (nSPS) is 14.4. The molecular formula is C27H32ClN5O3. The van der Waals surface area contributed by atoms with E-state index in [0.29, 0.717) is 23.0 Å². The smallest absolute Gasteiger partial charge is 0.307 e. The third-order valence-corrected chi connectivity index (χ3v) is 6.84. The minimum atomic E-state index is -0.312.